The fourth-order valence-electron chi connectivity index (χ4n) is 2.93. The zero-order valence-corrected chi connectivity index (χ0v) is 17.7. The smallest absolute Gasteiger partial charge is 0.292 e. The molecule has 7 nitrogen and oxygen atoms in total. The first-order valence-corrected chi connectivity index (χ1v) is 10.2. The number of hydrogen-bond acceptors (Lipinski definition) is 5. The Morgan fingerprint density at radius 3 is 2.48 bits per heavy atom. The lowest BCUT2D eigenvalue weighted by atomic mass is 10.2. The Kier molecular flexibility index (Phi) is 6.33. The van der Waals surface area contributed by atoms with E-state index in [9.17, 15) is 31.9 Å². The van der Waals surface area contributed by atoms with Crippen molar-refractivity contribution in [3.8, 4) is 5.69 Å². The molecule has 1 saturated heterocycles. The van der Waals surface area contributed by atoms with Crippen LogP contribution in [0.4, 0.5) is 23.2 Å². The summed E-state index contributed by atoms with van der Waals surface area (Å²) in [6.07, 6.45) is -4.29. The van der Waals surface area contributed by atoms with Crippen molar-refractivity contribution in [2.45, 2.75) is 19.5 Å². The molecule has 2 aromatic rings. The molecule has 1 aromatic carbocycles. The second-order valence-electron chi connectivity index (χ2n) is 6.53. The van der Waals surface area contributed by atoms with Crippen LogP contribution in [0.15, 0.2) is 32.8 Å². The zero-order valence-electron chi connectivity index (χ0n) is 16.2. The van der Waals surface area contributed by atoms with Crippen molar-refractivity contribution in [1.82, 2.24) is 14.0 Å². The lowest BCUT2D eigenvalue weighted by molar-refractivity contribution is -0.144. The van der Waals surface area contributed by atoms with Crippen LogP contribution in [0.3, 0.4) is 0 Å². The van der Waals surface area contributed by atoms with Crippen LogP contribution in [0, 0.1) is 5.82 Å². The first kappa shape index (κ1) is 23.1. The highest BCUT2D eigenvalue weighted by Crippen LogP contribution is 2.32. The number of alkyl halides is 3. The highest BCUT2D eigenvalue weighted by Gasteiger charge is 2.35. The van der Waals surface area contributed by atoms with Gasteiger partial charge in [-0.2, -0.15) is 13.2 Å². The number of thioether (sulfide) groups is 1. The minimum atomic E-state index is -4.95. The molecule has 0 spiro atoms. The summed E-state index contributed by atoms with van der Waals surface area (Å²) in [5.41, 5.74) is -4.89. The summed E-state index contributed by atoms with van der Waals surface area (Å²) in [5.74, 6) is -1.12. The van der Waals surface area contributed by atoms with Crippen molar-refractivity contribution in [2.24, 2.45) is 12.0 Å². The summed E-state index contributed by atoms with van der Waals surface area (Å²) in [6, 6.07) is 1.98. The van der Waals surface area contributed by atoms with Gasteiger partial charge in [0, 0.05) is 19.7 Å². The molecule has 0 N–H and O–H groups in total. The molecule has 13 heteroatoms. The molecule has 1 fully saturated rings. The van der Waals surface area contributed by atoms with Crippen LogP contribution in [-0.2, 0) is 18.0 Å². The van der Waals surface area contributed by atoms with Gasteiger partial charge in [-0.1, -0.05) is 30.3 Å². The predicted molar refractivity (Wildman–Crippen MR) is 109 cm³/mol. The van der Waals surface area contributed by atoms with Crippen LogP contribution in [-0.4, -0.2) is 37.4 Å². The number of nitrogens with zero attached hydrogens (tertiary/aromatic N) is 4. The number of hydrogen-bond donors (Lipinski definition) is 0. The number of aromatic nitrogens is 2. The second-order valence-corrected chi connectivity index (χ2v) is 7.88. The quantitative estimate of drug-likeness (QED) is 0.632. The monoisotopic (exact) mass is 478 g/mol. The highest BCUT2D eigenvalue weighted by molar-refractivity contribution is 8.15. The number of aliphatic imine (C=N–C) groups is 1. The third-order valence-electron chi connectivity index (χ3n) is 4.39. The molecule has 0 atom stereocenters. The fraction of sp³-hybridized carbons (Fsp3) is 0.333. The largest absolute Gasteiger partial charge is 0.431 e. The molecule has 0 aliphatic carbocycles. The van der Waals surface area contributed by atoms with Crippen molar-refractivity contribution < 1.29 is 22.4 Å². The first-order valence-electron chi connectivity index (χ1n) is 8.87. The number of carbonyl (C=O) groups is 1. The lowest BCUT2D eigenvalue weighted by Crippen LogP contribution is -2.41. The minimum Gasteiger partial charge on any atom is -0.292 e. The van der Waals surface area contributed by atoms with Gasteiger partial charge >= 0.3 is 11.9 Å². The lowest BCUT2D eigenvalue weighted by Gasteiger charge is -2.16. The van der Waals surface area contributed by atoms with Crippen molar-refractivity contribution >= 4 is 40.1 Å². The zero-order chi connectivity index (χ0) is 23.1. The fourth-order valence-corrected chi connectivity index (χ4v) is 4.04. The van der Waals surface area contributed by atoms with E-state index in [1.165, 1.54) is 4.90 Å². The Bertz CT molecular complexity index is 1210. The normalized spacial score (nSPS) is 15.9. The van der Waals surface area contributed by atoms with E-state index in [2.05, 4.69) is 4.99 Å². The Labute approximate surface area is 181 Å². The van der Waals surface area contributed by atoms with Crippen LogP contribution < -0.4 is 11.2 Å². The number of halogens is 5. The maximum atomic E-state index is 14.6. The first-order chi connectivity index (χ1) is 14.5. The molecule has 3 rings (SSSR count). The highest BCUT2D eigenvalue weighted by atomic mass is 35.5. The molecular formula is C18H15ClF4N4O3S. The van der Waals surface area contributed by atoms with E-state index in [4.69, 9.17) is 11.6 Å². The number of amidine groups is 1. The minimum absolute atomic E-state index is 0.0507. The van der Waals surface area contributed by atoms with Crippen molar-refractivity contribution in [1.29, 1.82) is 0 Å². The van der Waals surface area contributed by atoms with Gasteiger partial charge in [-0.05, 0) is 18.6 Å². The maximum Gasteiger partial charge on any atom is 0.431 e. The Morgan fingerprint density at radius 2 is 1.87 bits per heavy atom. The van der Waals surface area contributed by atoms with Crippen LogP contribution in [0.5, 0.6) is 0 Å². The number of rotatable bonds is 4. The Morgan fingerprint density at radius 1 is 1.19 bits per heavy atom. The molecule has 0 bridgehead atoms. The van der Waals surface area contributed by atoms with Gasteiger partial charge in [0.1, 0.15) is 11.5 Å². The number of carbonyl (C=O) groups excluding carboxylic acids is 1. The summed E-state index contributed by atoms with van der Waals surface area (Å²) < 4.78 is 54.2. The SMILES string of the molecule is CCCN1C(=O)CS/C1=N\c1cc(-n2c(=O)cc(C(F)(F)F)n(C)c2=O)c(F)cc1Cl. The van der Waals surface area contributed by atoms with E-state index in [0.29, 0.717) is 18.1 Å². The topological polar surface area (TPSA) is 76.7 Å². The van der Waals surface area contributed by atoms with Crippen molar-refractivity contribution in [3.63, 3.8) is 0 Å². The van der Waals surface area contributed by atoms with E-state index in [1.54, 1.807) is 0 Å². The van der Waals surface area contributed by atoms with E-state index >= 15 is 0 Å². The van der Waals surface area contributed by atoms with Gasteiger partial charge in [0.2, 0.25) is 5.91 Å². The van der Waals surface area contributed by atoms with Gasteiger partial charge in [0.25, 0.3) is 5.56 Å². The molecule has 31 heavy (non-hydrogen) atoms. The summed E-state index contributed by atoms with van der Waals surface area (Å²) in [6.45, 7) is 2.26. The number of amides is 1. The van der Waals surface area contributed by atoms with Crippen LogP contribution >= 0.6 is 23.4 Å². The average molecular weight is 479 g/mol. The summed E-state index contributed by atoms with van der Waals surface area (Å²) in [7, 11) is 0.819. The molecule has 2 heterocycles. The third-order valence-corrected chi connectivity index (χ3v) is 5.65. The van der Waals surface area contributed by atoms with E-state index in [1.807, 2.05) is 6.92 Å². The summed E-state index contributed by atoms with van der Waals surface area (Å²) in [4.78, 5) is 42.4. The van der Waals surface area contributed by atoms with Gasteiger partial charge in [0.05, 0.1) is 22.2 Å². The van der Waals surface area contributed by atoms with Crippen molar-refractivity contribution in [2.75, 3.05) is 12.3 Å². The molecular weight excluding hydrogens is 464 g/mol. The molecule has 166 valence electrons. The van der Waals surface area contributed by atoms with Gasteiger partial charge in [-0.15, -0.1) is 0 Å². The van der Waals surface area contributed by atoms with Crippen molar-refractivity contribution in [3.05, 3.63) is 55.6 Å². The second kappa shape index (κ2) is 8.50. The molecule has 0 saturated carbocycles. The molecule has 1 aliphatic rings. The van der Waals surface area contributed by atoms with Crippen LogP contribution in [0.25, 0.3) is 5.69 Å². The van der Waals surface area contributed by atoms with Crippen LogP contribution in [0.2, 0.25) is 5.02 Å². The predicted octanol–water partition coefficient (Wildman–Crippen LogP) is 3.32. The maximum absolute atomic E-state index is 14.6. The summed E-state index contributed by atoms with van der Waals surface area (Å²) in [5, 5.41) is 0.140. The molecule has 1 amide bonds. The molecule has 0 unspecified atom stereocenters. The summed E-state index contributed by atoms with van der Waals surface area (Å²) >= 11 is 7.18. The molecule has 0 radical (unpaired) electrons. The standard InChI is InChI=1S/C18H15ClF4N4O3S/c1-3-4-26-15(29)8-31-16(26)24-11-6-12(10(20)5-9(11)19)27-14(28)7-13(18(21,22)23)25(2)17(27)30/h5-7H,3-4,8H2,1-2H3/b24-16-. The average Bonchev–Trinajstić information content (AvgIpc) is 3.01. The third kappa shape index (κ3) is 4.40. The van der Waals surface area contributed by atoms with E-state index < -0.39 is 34.6 Å². The van der Waals surface area contributed by atoms with E-state index in [0.717, 1.165) is 30.9 Å². The van der Waals surface area contributed by atoms with Gasteiger partial charge < -0.3 is 0 Å². The van der Waals surface area contributed by atoms with Gasteiger partial charge in [0.15, 0.2) is 5.17 Å². The molecule has 1 aromatic heterocycles. The van der Waals surface area contributed by atoms with Gasteiger partial charge in [-0.25, -0.2) is 18.7 Å². The number of benzene rings is 1. The van der Waals surface area contributed by atoms with Gasteiger partial charge in [-0.3, -0.25) is 19.1 Å². The van der Waals surface area contributed by atoms with E-state index in [-0.39, 0.29) is 37.6 Å². The Hall–Kier alpha value is -2.60. The van der Waals surface area contributed by atoms with Crippen LogP contribution in [0.1, 0.15) is 19.0 Å². The molecule has 1 aliphatic heterocycles. The Balaban J connectivity index is 2.19.